The molecule has 0 radical (unpaired) electrons. The molecule has 4 aliphatic rings. The SMILES string of the molecule is CC12CCC3c4ccc(O)cc4CC(CCCCCCCCCC(C=O)(CCC(F)(F)C(F)(P)C(F)(F)C(F)(F)F)C(=O)O)C3C1CCC21CC1. The van der Waals surface area contributed by atoms with Crippen molar-refractivity contribution in [1.29, 1.82) is 0 Å². The molecule has 8 unspecified atom stereocenters. The van der Waals surface area contributed by atoms with E-state index in [-0.39, 0.29) is 21.9 Å². The molecule has 5 rings (SSSR count). The van der Waals surface area contributed by atoms with Gasteiger partial charge in [-0.15, -0.1) is 0 Å². The van der Waals surface area contributed by atoms with Crippen LogP contribution in [0.3, 0.4) is 0 Å². The molecule has 0 heterocycles. The number of carbonyl (C=O) groups excluding carboxylic acids is 1. The van der Waals surface area contributed by atoms with E-state index in [4.69, 9.17) is 0 Å². The van der Waals surface area contributed by atoms with Crippen molar-refractivity contribution in [3.05, 3.63) is 29.3 Å². The highest BCUT2D eigenvalue weighted by Gasteiger charge is 2.77. The van der Waals surface area contributed by atoms with Crippen LogP contribution in [0.15, 0.2) is 18.2 Å². The van der Waals surface area contributed by atoms with E-state index in [1.165, 1.54) is 49.7 Å². The predicted octanol–water partition coefficient (Wildman–Crippen LogP) is 11.2. The Balaban J connectivity index is 1.08. The number of carbonyl (C=O) groups is 2. The van der Waals surface area contributed by atoms with Crippen LogP contribution < -0.4 is 0 Å². The third-order valence-corrected chi connectivity index (χ3v) is 14.6. The zero-order valence-electron chi connectivity index (χ0n) is 29.2. The maximum atomic E-state index is 14.4. The Morgan fingerprint density at radius 2 is 1.51 bits per heavy atom. The number of unbranched alkanes of at least 4 members (excludes halogenated alkanes) is 6. The van der Waals surface area contributed by atoms with Gasteiger partial charge in [-0.1, -0.05) is 67.2 Å². The van der Waals surface area contributed by atoms with Gasteiger partial charge in [0.25, 0.3) is 11.3 Å². The maximum Gasteiger partial charge on any atom is 0.457 e. The minimum atomic E-state index is -6.62. The molecule has 0 aromatic heterocycles. The van der Waals surface area contributed by atoms with E-state index in [9.17, 15) is 54.9 Å². The van der Waals surface area contributed by atoms with Gasteiger partial charge in [0.2, 0.25) is 0 Å². The minimum absolute atomic E-state index is 0.115. The van der Waals surface area contributed by atoms with Crippen LogP contribution in [0.4, 0.5) is 35.1 Å². The van der Waals surface area contributed by atoms with Crippen molar-refractivity contribution in [3.63, 3.8) is 0 Å². The van der Waals surface area contributed by atoms with Gasteiger partial charge >= 0.3 is 18.1 Å². The smallest absolute Gasteiger partial charge is 0.457 e. The lowest BCUT2D eigenvalue weighted by molar-refractivity contribution is -0.338. The second-order valence-electron chi connectivity index (χ2n) is 16.5. The summed E-state index contributed by atoms with van der Waals surface area (Å²) in [4.78, 5) is 23.7. The average molecular weight is 755 g/mol. The van der Waals surface area contributed by atoms with Gasteiger partial charge in [0.15, 0.2) is 0 Å². The van der Waals surface area contributed by atoms with Gasteiger partial charge < -0.3 is 15.0 Å². The summed E-state index contributed by atoms with van der Waals surface area (Å²) in [6, 6.07) is 5.92. The Kier molecular flexibility index (Phi) is 11.3. The first kappa shape index (κ1) is 40.2. The Morgan fingerprint density at radius 1 is 0.882 bits per heavy atom. The van der Waals surface area contributed by atoms with E-state index < -0.39 is 54.1 Å². The van der Waals surface area contributed by atoms with E-state index in [0.29, 0.717) is 47.2 Å². The van der Waals surface area contributed by atoms with Gasteiger partial charge in [0.05, 0.1) is 0 Å². The lowest BCUT2D eigenvalue weighted by Gasteiger charge is -2.54. The van der Waals surface area contributed by atoms with Crippen molar-refractivity contribution >= 4 is 21.5 Å². The number of phenolic OH excluding ortho intramolecular Hbond substituents is 1. The first-order chi connectivity index (χ1) is 23.7. The van der Waals surface area contributed by atoms with Crippen molar-refractivity contribution < 1.29 is 54.9 Å². The third kappa shape index (κ3) is 7.18. The van der Waals surface area contributed by atoms with Crippen LogP contribution in [0.2, 0.25) is 0 Å². The molecule has 4 aliphatic carbocycles. The first-order valence-electron chi connectivity index (χ1n) is 18.5. The van der Waals surface area contributed by atoms with Crippen molar-refractivity contribution in [3.8, 4) is 5.75 Å². The van der Waals surface area contributed by atoms with Crippen molar-refractivity contribution in [2.24, 2.45) is 34.0 Å². The Labute approximate surface area is 297 Å². The van der Waals surface area contributed by atoms with Gasteiger partial charge in [0, 0.05) is 6.42 Å². The normalized spacial score (nSPS) is 29.4. The predicted molar refractivity (Wildman–Crippen MR) is 180 cm³/mol. The molecule has 1 spiro atoms. The number of phenols is 1. The number of carboxylic acids is 1. The van der Waals surface area contributed by atoms with E-state index in [0.717, 1.165) is 44.4 Å². The van der Waals surface area contributed by atoms with Gasteiger partial charge in [-0.05, 0) is 122 Å². The molecule has 8 atom stereocenters. The number of carboxylic acid groups (broad SMARTS) is 1. The quantitative estimate of drug-likeness (QED) is 0.0546. The summed E-state index contributed by atoms with van der Waals surface area (Å²) in [7, 11) is 0.229. The highest BCUT2D eigenvalue weighted by molar-refractivity contribution is 7.19. The monoisotopic (exact) mass is 754 g/mol. The fourth-order valence-corrected chi connectivity index (χ4v) is 10.8. The topological polar surface area (TPSA) is 74.6 Å². The molecule has 1 aromatic carbocycles. The molecule has 4 nitrogen and oxygen atoms in total. The number of aromatic hydroxyl groups is 1. The fourth-order valence-electron chi connectivity index (χ4n) is 10.5. The van der Waals surface area contributed by atoms with Gasteiger partial charge in [0.1, 0.15) is 17.5 Å². The second kappa shape index (κ2) is 14.4. The summed E-state index contributed by atoms with van der Waals surface area (Å²) in [6.45, 7) is 2.56. The highest BCUT2D eigenvalue weighted by Crippen LogP contribution is 2.76. The molecule has 0 bridgehead atoms. The van der Waals surface area contributed by atoms with Crippen molar-refractivity contribution in [2.45, 2.75) is 152 Å². The third-order valence-electron chi connectivity index (χ3n) is 13.9. The number of aldehydes is 1. The number of hydrogen-bond donors (Lipinski definition) is 2. The van der Waals surface area contributed by atoms with Crippen LogP contribution in [-0.2, 0) is 16.0 Å². The fraction of sp³-hybridized carbons (Fsp3) is 0.789. The number of hydrogen-bond acceptors (Lipinski definition) is 3. The van der Waals surface area contributed by atoms with E-state index >= 15 is 0 Å². The zero-order valence-corrected chi connectivity index (χ0v) is 30.3. The number of fused-ring (bicyclic) bond motifs is 6. The summed E-state index contributed by atoms with van der Waals surface area (Å²) in [5.41, 5.74) is 1.19. The van der Waals surface area contributed by atoms with E-state index in [1.54, 1.807) is 0 Å². The van der Waals surface area contributed by atoms with Crippen LogP contribution in [0, 0.1) is 34.0 Å². The molecule has 0 aliphatic heterocycles. The molecular weight excluding hydrogens is 703 g/mol. The number of benzene rings is 1. The van der Waals surface area contributed by atoms with Crippen LogP contribution >= 0.6 is 9.24 Å². The Bertz CT molecular complexity index is 1430. The Hall–Kier alpha value is -1.97. The van der Waals surface area contributed by atoms with Gasteiger partial charge in [-0.3, -0.25) is 4.79 Å². The summed E-state index contributed by atoms with van der Waals surface area (Å²) < 4.78 is 108. The summed E-state index contributed by atoms with van der Waals surface area (Å²) in [5, 5.41) is 14.4. The number of rotatable bonds is 17. The van der Waals surface area contributed by atoms with Crippen LogP contribution in [0.25, 0.3) is 0 Å². The molecule has 3 fully saturated rings. The zero-order chi connectivity index (χ0) is 37.7. The first-order valence-corrected chi connectivity index (χ1v) is 19.1. The van der Waals surface area contributed by atoms with Gasteiger partial charge in [-0.25, -0.2) is 13.2 Å². The summed E-state index contributed by atoms with van der Waals surface area (Å²) in [6.07, 6.45) is 4.49. The minimum Gasteiger partial charge on any atom is -0.508 e. The molecule has 0 saturated heterocycles. The van der Waals surface area contributed by atoms with Crippen LogP contribution in [0.5, 0.6) is 5.75 Å². The highest BCUT2D eigenvalue weighted by atomic mass is 31.0. The molecule has 2 N–H and O–H groups in total. The van der Waals surface area contributed by atoms with E-state index in [2.05, 4.69) is 13.0 Å². The van der Waals surface area contributed by atoms with Crippen molar-refractivity contribution in [2.75, 3.05) is 0 Å². The van der Waals surface area contributed by atoms with Gasteiger partial charge in [-0.2, -0.15) is 22.0 Å². The van der Waals surface area contributed by atoms with Crippen LogP contribution in [0.1, 0.15) is 133 Å². The molecule has 0 amide bonds. The second-order valence-corrected chi connectivity index (χ2v) is 17.3. The molecule has 13 heteroatoms. The number of halogens is 8. The number of aliphatic carboxylic acids is 1. The summed E-state index contributed by atoms with van der Waals surface area (Å²) in [5.74, 6) is -10.8. The maximum absolute atomic E-state index is 14.4. The Morgan fingerprint density at radius 3 is 2.10 bits per heavy atom. The summed E-state index contributed by atoms with van der Waals surface area (Å²) >= 11 is 0. The molecule has 288 valence electrons. The van der Waals surface area contributed by atoms with E-state index in [1.807, 2.05) is 12.1 Å². The standard InChI is InChI=1S/C38H51F8O4P/c1-32-15-12-28-27-11-10-26(48)22-25(27)21-24(30(28)29(32)13-16-34(32)18-19-34)9-7-5-3-2-4-6-8-14-33(23-47,31(49)50)17-20-35(39,40)37(43,51)36(41,42)38(44,45)46/h10-11,22-24,28-30,48H,2-9,12-21,51H2,1H3,(H,49,50). The number of alkyl halides is 8. The molecule has 1 aromatic rings. The van der Waals surface area contributed by atoms with Crippen LogP contribution in [-0.4, -0.2) is 45.9 Å². The average Bonchev–Trinajstić information content (AvgIpc) is 3.79. The molecule has 51 heavy (non-hydrogen) atoms. The molecule has 3 saturated carbocycles. The lowest BCUT2D eigenvalue weighted by atomic mass is 9.50. The molecular formula is C38H51F8O4P. The van der Waals surface area contributed by atoms with Crippen molar-refractivity contribution in [1.82, 2.24) is 0 Å². The lowest BCUT2D eigenvalue weighted by Crippen LogP contribution is -2.60. The largest absolute Gasteiger partial charge is 0.508 e.